The fourth-order valence-electron chi connectivity index (χ4n) is 2.93. The Balaban J connectivity index is 1.74. The van der Waals surface area contributed by atoms with Crippen LogP contribution in [0.15, 0.2) is 42.5 Å². The molecule has 7 nitrogen and oxygen atoms in total. The number of methoxy groups -OCH3 is 1. The molecule has 2 N–H and O–H groups in total. The van der Waals surface area contributed by atoms with Crippen molar-refractivity contribution in [3.8, 4) is 5.75 Å². The highest BCUT2D eigenvalue weighted by Gasteiger charge is 2.49. The first-order valence-corrected chi connectivity index (χ1v) is 8.27. The van der Waals surface area contributed by atoms with E-state index in [-0.39, 0.29) is 5.69 Å². The molecule has 1 heterocycles. The van der Waals surface area contributed by atoms with Crippen LogP contribution >= 0.6 is 0 Å². The zero-order valence-corrected chi connectivity index (χ0v) is 15.1. The fourth-order valence-corrected chi connectivity index (χ4v) is 2.93. The van der Waals surface area contributed by atoms with Crippen LogP contribution in [-0.4, -0.2) is 36.4 Å². The Morgan fingerprint density at radius 1 is 1.14 bits per heavy atom. The predicted molar refractivity (Wildman–Crippen MR) is 95.6 cm³/mol. The lowest BCUT2D eigenvalue weighted by atomic mass is 9.92. The van der Waals surface area contributed by atoms with E-state index in [4.69, 9.17) is 4.74 Å². The van der Waals surface area contributed by atoms with Gasteiger partial charge >= 0.3 is 6.03 Å². The summed E-state index contributed by atoms with van der Waals surface area (Å²) in [6, 6.07) is 8.33. The first-order chi connectivity index (χ1) is 13.2. The molecule has 0 saturated carbocycles. The van der Waals surface area contributed by atoms with Crippen molar-refractivity contribution in [3.63, 3.8) is 0 Å². The molecule has 1 fully saturated rings. The van der Waals surface area contributed by atoms with Crippen molar-refractivity contribution < 1.29 is 27.9 Å². The second-order valence-corrected chi connectivity index (χ2v) is 6.38. The number of hydrogen-bond acceptors (Lipinski definition) is 4. The molecule has 28 heavy (non-hydrogen) atoms. The van der Waals surface area contributed by atoms with Crippen molar-refractivity contribution >= 4 is 23.5 Å². The minimum atomic E-state index is -1.35. The third-order valence-corrected chi connectivity index (χ3v) is 4.39. The normalized spacial score (nSPS) is 18.8. The Hall–Kier alpha value is -3.49. The molecular formula is C19H17F2N3O4. The number of rotatable bonds is 5. The summed E-state index contributed by atoms with van der Waals surface area (Å²) in [6.07, 6.45) is 0. The van der Waals surface area contributed by atoms with Gasteiger partial charge in [0.2, 0.25) is 5.91 Å². The van der Waals surface area contributed by atoms with Crippen molar-refractivity contribution in [2.75, 3.05) is 19.0 Å². The van der Waals surface area contributed by atoms with Crippen molar-refractivity contribution in [2.45, 2.75) is 12.5 Å². The largest absolute Gasteiger partial charge is 0.497 e. The number of anilines is 1. The van der Waals surface area contributed by atoms with Gasteiger partial charge in [0.1, 0.15) is 29.5 Å². The van der Waals surface area contributed by atoms with Crippen LogP contribution in [-0.2, 0) is 15.1 Å². The Morgan fingerprint density at radius 2 is 1.75 bits per heavy atom. The number of amides is 4. The van der Waals surface area contributed by atoms with Gasteiger partial charge in [-0.2, -0.15) is 0 Å². The van der Waals surface area contributed by atoms with Crippen LogP contribution in [0.25, 0.3) is 0 Å². The molecule has 1 atom stereocenters. The summed E-state index contributed by atoms with van der Waals surface area (Å²) in [4.78, 5) is 38.0. The summed E-state index contributed by atoms with van der Waals surface area (Å²) >= 11 is 0. The van der Waals surface area contributed by atoms with Gasteiger partial charge in [-0.1, -0.05) is 12.1 Å². The lowest BCUT2D eigenvalue weighted by Gasteiger charge is -2.22. The van der Waals surface area contributed by atoms with Crippen LogP contribution in [0.2, 0.25) is 0 Å². The molecule has 1 aliphatic rings. The number of hydrogen-bond donors (Lipinski definition) is 2. The maximum atomic E-state index is 13.2. The molecule has 9 heteroatoms. The number of imide groups is 1. The number of nitrogens with one attached hydrogen (secondary N) is 2. The average molecular weight is 389 g/mol. The van der Waals surface area contributed by atoms with E-state index in [1.165, 1.54) is 14.0 Å². The predicted octanol–water partition coefficient (Wildman–Crippen LogP) is 2.38. The lowest BCUT2D eigenvalue weighted by Crippen LogP contribution is -2.42. The van der Waals surface area contributed by atoms with Gasteiger partial charge in [-0.15, -0.1) is 0 Å². The quantitative estimate of drug-likeness (QED) is 0.769. The Bertz CT molecular complexity index is 928. The highest BCUT2D eigenvalue weighted by molar-refractivity contribution is 6.10. The summed E-state index contributed by atoms with van der Waals surface area (Å²) in [6.45, 7) is 0.920. The maximum absolute atomic E-state index is 13.2. The number of carbonyl (C=O) groups is 3. The van der Waals surface area contributed by atoms with Crippen LogP contribution in [0.3, 0.4) is 0 Å². The number of ether oxygens (including phenoxy) is 1. The monoisotopic (exact) mass is 389 g/mol. The Labute approximate surface area is 159 Å². The van der Waals surface area contributed by atoms with E-state index < -0.39 is 41.6 Å². The third kappa shape index (κ3) is 3.64. The maximum Gasteiger partial charge on any atom is 0.325 e. The molecular weight excluding hydrogens is 372 g/mol. The van der Waals surface area contributed by atoms with Gasteiger partial charge in [0.15, 0.2) is 0 Å². The van der Waals surface area contributed by atoms with E-state index in [9.17, 15) is 23.2 Å². The number of benzene rings is 2. The lowest BCUT2D eigenvalue weighted by molar-refractivity contribution is -0.133. The Morgan fingerprint density at radius 3 is 2.32 bits per heavy atom. The van der Waals surface area contributed by atoms with E-state index in [1.807, 2.05) is 0 Å². The van der Waals surface area contributed by atoms with E-state index >= 15 is 0 Å². The molecule has 1 aliphatic heterocycles. The van der Waals surface area contributed by atoms with E-state index in [0.717, 1.165) is 17.0 Å². The molecule has 0 spiro atoms. The minimum Gasteiger partial charge on any atom is -0.497 e. The van der Waals surface area contributed by atoms with Gasteiger partial charge in [0, 0.05) is 11.8 Å². The first-order valence-electron chi connectivity index (χ1n) is 8.27. The summed E-state index contributed by atoms with van der Waals surface area (Å²) in [5.74, 6) is -2.53. The second kappa shape index (κ2) is 7.26. The van der Waals surface area contributed by atoms with Crippen molar-refractivity contribution in [3.05, 3.63) is 59.7 Å². The van der Waals surface area contributed by atoms with Crippen molar-refractivity contribution in [1.29, 1.82) is 0 Å². The molecule has 3 rings (SSSR count). The van der Waals surface area contributed by atoms with E-state index in [2.05, 4.69) is 10.6 Å². The summed E-state index contributed by atoms with van der Waals surface area (Å²) in [7, 11) is 1.50. The van der Waals surface area contributed by atoms with Gasteiger partial charge < -0.3 is 15.4 Å². The zero-order chi connectivity index (χ0) is 20.5. The fraction of sp³-hybridized carbons (Fsp3) is 0.211. The van der Waals surface area contributed by atoms with Crippen molar-refractivity contribution in [2.24, 2.45) is 0 Å². The van der Waals surface area contributed by atoms with Crippen molar-refractivity contribution in [1.82, 2.24) is 10.2 Å². The molecule has 2 aromatic rings. The van der Waals surface area contributed by atoms with Crippen LogP contribution in [0.4, 0.5) is 19.3 Å². The molecule has 146 valence electrons. The molecule has 0 aromatic heterocycles. The Kier molecular flexibility index (Phi) is 5.00. The average Bonchev–Trinajstić information content (AvgIpc) is 2.85. The molecule has 0 aliphatic carbocycles. The number of carbonyl (C=O) groups excluding carboxylic acids is 3. The second-order valence-electron chi connectivity index (χ2n) is 6.38. The summed E-state index contributed by atoms with van der Waals surface area (Å²) in [5.41, 5.74) is -0.955. The molecule has 2 aromatic carbocycles. The standard InChI is InChI=1S/C19H17F2N3O4/c1-19(11-3-5-15(28-2)6-4-11)17(26)24(18(27)23-19)10-16(25)22-14-8-12(20)7-13(21)9-14/h3-9H,10H2,1-2H3,(H,22,25)(H,23,27). The molecule has 4 amide bonds. The van der Waals surface area contributed by atoms with Crippen LogP contribution in [0, 0.1) is 11.6 Å². The third-order valence-electron chi connectivity index (χ3n) is 4.39. The van der Waals surface area contributed by atoms with Crippen LogP contribution in [0.1, 0.15) is 12.5 Å². The first kappa shape index (κ1) is 19.3. The zero-order valence-electron chi connectivity index (χ0n) is 15.1. The minimum absolute atomic E-state index is 0.118. The number of nitrogens with zero attached hydrogens (tertiary/aromatic N) is 1. The van der Waals surface area contributed by atoms with Crippen LogP contribution < -0.4 is 15.4 Å². The highest BCUT2D eigenvalue weighted by atomic mass is 19.1. The smallest absolute Gasteiger partial charge is 0.325 e. The topological polar surface area (TPSA) is 87.7 Å². The molecule has 0 radical (unpaired) electrons. The summed E-state index contributed by atoms with van der Waals surface area (Å²) < 4.78 is 31.5. The van der Waals surface area contributed by atoms with Crippen LogP contribution in [0.5, 0.6) is 5.75 Å². The van der Waals surface area contributed by atoms with Gasteiger partial charge in [0.25, 0.3) is 5.91 Å². The van der Waals surface area contributed by atoms with Gasteiger partial charge in [-0.3, -0.25) is 14.5 Å². The van der Waals surface area contributed by atoms with Gasteiger partial charge in [0.05, 0.1) is 7.11 Å². The van der Waals surface area contributed by atoms with E-state index in [0.29, 0.717) is 17.4 Å². The summed E-state index contributed by atoms with van der Waals surface area (Å²) in [5, 5.41) is 4.83. The number of halogens is 2. The number of urea groups is 1. The SMILES string of the molecule is COc1ccc(C2(C)NC(=O)N(CC(=O)Nc3cc(F)cc(F)c3)C2=O)cc1. The van der Waals surface area contributed by atoms with E-state index in [1.54, 1.807) is 24.3 Å². The molecule has 1 unspecified atom stereocenters. The van der Waals surface area contributed by atoms with Gasteiger partial charge in [-0.05, 0) is 36.8 Å². The molecule has 0 bridgehead atoms. The molecule has 1 saturated heterocycles. The highest BCUT2D eigenvalue weighted by Crippen LogP contribution is 2.30. The van der Waals surface area contributed by atoms with Gasteiger partial charge in [-0.25, -0.2) is 13.6 Å².